The van der Waals surface area contributed by atoms with Gasteiger partial charge in [0.1, 0.15) is 5.75 Å². The lowest BCUT2D eigenvalue weighted by Crippen LogP contribution is -2.24. The van der Waals surface area contributed by atoms with Gasteiger partial charge >= 0.3 is 0 Å². The van der Waals surface area contributed by atoms with Crippen molar-refractivity contribution in [2.24, 2.45) is 17.8 Å². The van der Waals surface area contributed by atoms with Crippen LogP contribution in [0.25, 0.3) is 0 Å². The fourth-order valence-electron chi connectivity index (χ4n) is 4.58. The molecule has 1 aromatic carbocycles. The second-order valence-electron chi connectivity index (χ2n) is 7.45. The molecule has 0 heterocycles. The molecule has 0 saturated heterocycles. The maximum Gasteiger partial charge on any atom is 0.228 e. The van der Waals surface area contributed by atoms with Gasteiger partial charge in [0.15, 0.2) is 0 Å². The Hall–Kier alpha value is -1.05. The Morgan fingerprint density at radius 1 is 0.864 bits per heavy atom. The van der Waals surface area contributed by atoms with Crippen molar-refractivity contribution in [1.29, 1.82) is 0 Å². The molecule has 1 aromatic rings. The van der Waals surface area contributed by atoms with Gasteiger partial charge in [0.25, 0.3) is 0 Å². The van der Waals surface area contributed by atoms with E-state index in [1.807, 2.05) is 12.1 Å². The van der Waals surface area contributed by atoms with E-state index in [4.69, 9.17) is 4.74 Å². The maximum absolute atomic E-state index is 12.2. The van der Waals surface area contributed by atoms with E-state index in [1.54, 1.807) is 0 Å². The van der Waals surface area contributed by atoms with Crippen LogP contribution in [0.3, 0.4) is 0 Å². The Bertz CT molecular complexity index is 439. The Balaban J connectivity index is 1.50. The van der Waals surface area contributed by atoms with Gasteiger partial charge in [0.05, 0.1) is 0 Å². The third kappa shape index (κ3) is 3.83. The lowest BCUT2D eigenvalue weighted by atomic mass is 9.68. The molecule has 0 atom stereocenters. The van der Waals surface area contributed by atoms with Crippen LogP contribution in [-0.2, 0) is 0 Å². The van der Waals surface area contributed by atoms with Crippen LogP contribution in [0.15, 0.2) is 24.3 Å². The summed E-state index contributed by atoms with van der Waals surface area (Å²) in [5.74, 6) is 4.25. The van der Waals surface area contributed by atoms with Gasteiger partial charge in [-0.25, -0.2) is 4.39 Å². The first-order chi connectivity index (χ1) is 10.8. The minimum absolute atomic E-state index is 0.635. The smallest absolute Gasteiger partial charge is 0.228 e. The van der Waals surface area contributed by atoms with Crippen molar-refractivity contribution >= 4 is 0 Å². The van der Waals surface area contributed by atoms with Crippen LogP contribution in [0.5, 0.6) is 5.75 Å². The maximum atomic E-state index is 12.2. The molecule has 0 spiro atoms. The monoisotopic (exact) mass is 304 g/mol. The Kier molecular flexibility index (Phi) is 5.38. The van der Waals surface area contributed by atoms with Crippen LogP contribution in [0, 0.1) is 17.8 Å². The van der Waals surface area contributed by atoms with Crippen LogP contribution >= 0.6 is 0 Å². The predicted molar refractivity (Wildman–Crippen MR) is 88.9 cm³/mol. The molecule has 2 fully saturated rings. The molecule has 122 valence electrons. The van der Waals surface area contributed by atoms with Crippen LogP contribution in [0.2, 0.25) is 0 Å². The zero-order valence-electron chi connectivity index (χ0n) is 13.8. The van der Waals surface area contributed by atoms with Crippen molar-refractivity contribution in [2.75, 3.05) is 6.86 Å². The van der Waals surface area contributed by atoms with E-state index in [-0.39, 0.29) is 0 Å². The molecule has 0 bridgehead atoms. The summed E-state index contributed by atoms with van der Waals surface area (Å²) in [6.07, 6.45) is 11.2. The van der Waals surface area contributed by atoms with E-state index >= 15 is 0 Å². The van der Waals surface area contributed by atoms with Gasteiger partial charge in [-0.1, -0.05) is 31.9 Å². The summed E-state index contributed by atoms with van der Waals surface area (Å²) in [5, 5.41) is 0. The molecule has 2 heteroatoms. The average Bonchev–Trinajstić information content (AvgIpc) is 2.57. The van der Waals surface area contributed by atoms with Crippen molar-refractivity contribution in [1.82, 2.24) is 0 Å². The van der Waals surface area contributed by atoms with Crippen molar-refractivity contribution in [2.45, 2.75) is 64.2 Å². The number of benzene rings is 1. The molecule has 2 saturated carbocycles. The van der Waals surface area contributed by atoms with E-state index in [0.717, 1.165) is 17.8 Å². The largest absolute Gasteiger partial charge is 0.463 e. The average molecular weight is 304 g/mol. The molecule has 2 aliphatic rings. The van der Waals surface area contributed by atoms with Gasteiger partial charge in [-0.15, -0.1) is 0 Å². The fourth-order valence-corrected chi connectivity index (χ4v) is 4.58. The van der Waals surface area contributed by atoms with Gasteiger partial charge in [0.2, 0.25) is 6.86 Å². The number of alkyl halides is 1. The summed E-state index contributed by atoms with van der Waals surface area (Å²) in [5.41, 5.74) is 1.40. The van der Waals surface area contributed by atoms with E-state index in [1.165, 1.54) is 56.9 Å². The van der Waals surface area contributed by atoms with Gasteiger partial charge in [-0.05, 0) is 79.9 Å². The molecular weight excluding hydrogens is 275 g/mol. The van der Waals surface area contributed by atoms with Gasteiger partial charge in [0, 0.05) is 0 Å². The first kappa shape index (κ1) is 15.8. The summed E-state index contributed by atoms with van der Waals surface area (Å²) in [6.45, 7) is 1.66. The minimum Gasteiger partial charge on any atom is -0.463 e. The van der Waals surface area contributed by atoms with Crippen molar-refractivity contribution in [3.8, 4) is 5.75 Å². The van der Waals surface area contributed by atoms with E-state index in [2.05, 4.69) is 19.1 Å². The highest BCUT2D eigenvalue weighted by Gasteiger charge is 2.30. The lowest BCUT2D eigenvalue weighted by Gasteiger charge is -2.37. The van der Waals surface area contributed by atoms with Crippen molar-refractivity contribution in [3.05, 3.63) is 29.8 Å². The quantitative estimate of drug-likeness (QED) is 0.653. The highest BCUT2D eigenvalue weighted by atomic mass is 19.1. The van der Waals surface area contributed by atoms with Crippen molar-refractivity contribution < 1.29 is 9.13 Å². The zero-order valence-corrected chi connectivity index (χ0v) is 13.8. The first-order valence-corrected chi connectivity index (χ1v) is 9.05. The van der Waals surface area contributed by atoms with Crippen molar-refractivity contribution in [3.63, 3.8) is 0 Å². The van der Waals surface area contributed by atoms with E-state index in [0.29, 0.717) is 11.7 Å². The molecule has 1 nitrogen and oxygen atoms in total. The molecular formula is C20H29FO. The van der Waals surface area contributed by atoms with Crippen LogP contribution < -0.4 is 4.74 Å². The highest BCUT2D eigenvalue weighted by Crippen LogP contribution is 2.43. The summed E-state index contributed by atoms with van der Waals surface area (Å²) >= 11 is 0. The van der Waals surface area contributed by atoms with E-state index < -0.39 is 6.86 Å². The van der Waals surface area contributed by atoms with Gasteiger partial charge < -0.3 is 4.74 Å². The van der Waals surface area contributed by atoms with Crippen LogP contribution in [0.4, 0.5) is 4.39 Å². The number of hydrogen-bond acceptors (Lipinski definition) is 1. The van der Waals surface area contributed by atoms with Crippen LogP contribution in [-0.4, -0.2) is 6.86 Å². The predicted octanol–water partition coefficient (Wildman–Crippen LogP) is 6.09. The molecule has 0 unspecified atom stereocenters. The highest BCUT2D eigenvalue weighted by molar-refractivity contribution is 5.29. The molecule has 2 aliphatic carbocycles. The van der Waals surface area contributed by atoms with Crippen LogP contribution in [0.1, 0.15) is 69.8 Å². The molecule has 22 heavy (non-hydrogen) atoms. The number of rotatable bonds is 4. The Morgan fingerprint density at radius 2 is 1.41 bits per heavy atom. The third-order valence-electron chi connectivity index (χ3n) is 6.07. The Labute approximate surface area is 134 Å². The standard InChI is InChI=1S/C20H29FO/c1-15-2-4-16(5-3-15)17-6-8-18(9-7-17)19-10-12-20(13-11-19)22-14-21/h10-13,15-18H,2-9,14H2,1H3. The molecule has 3 rings (SSSR count). The van der Waals surface area contributed by atoms with Gasteiger partial charge in [-0.3, -0.25) is 0 Å². The SMILES string of the molecule is CC1CCC(C2CCC(c3ccc(OCF)cc3)CC2)CC1. The minimum atomic E-state index is -0.746. The molecule has 0 aliphatic heterocycles. The normalized spacial score (nSPS) is 32.6. The molecule has 0 radical (unpaired) electrons. The second-order valence-corrected chi connectivity index (χ2v) is 7.45. The summed E-state index contributed by atoms with van der Waals surface area (Å²) < 4.78 is 17.0. The summed E-state index contributed by atoms with van der Waals surface area (Å²) in [4.78, 5) is 0. The molecule has 0 amide bonds. The number of hydrogen-bond donors (Lipinski definition) is 0. The molecule has 0 aromatic heterocycles. The first-order valence-electron chi connectivity index (χ1n) is 9.05. The van der Waals surface area contributed by atoms with Gasteiger partial charge in [-0.2, -0.15) is 0 Å². The number of ether oxygens (including phenoxy) is 1. The lowest BCUT2D eigenvalue weighted by molar-refractivity contribution is 0.165. The third-order valence-corrected chi connectivity index (χ3v) is 6.07. The topological polar surface area (TPSA) is 9.23 Å². The Morgan fingerprint density at radius 3 is 1.95 bits per heavy atom. The summed E-state index contributed by atoms with van der Waals surface area (Å²) in [7, 11) is 0. The second kappa shape index (κ2) is 7.48. The van der Waals surface area contributed by atoms with E-state index in [9.17, 15) is 4.39 Å². The summed E-state index contributed by atoms with van der Waals surface area (Å²) in [6, 6.07) is 8.06. The molecule has 0 N–H and O–H groups in total. The fraction of sp³-hybridized carbons (Fsp3) is 0.700. The zero-order chi connectivity index (χ0) is 15.4. The number of halogens is 1.